The molecule has 1 aromatic carbocycles. The zero-order valence-electron chi connectivity index (χ0n) is 12.2. The van der Waals surface area contributed by atoms with Crippen molar-refractivity contribution in [1.29, 1.82) is 0 Å². The fourth-order valence-corrected chi connectivity index (χ4v) is 3.15. The van der Waals surface area contributed by atoms with E-state index in [-0.39, 0.29) is 0 Å². The number of aryl methyl sites for hydroxylation is 1. The Balaban J connectivity index is 1.86. The van der Waals surface area contributed by atoms with Gasteiger partial charge in [-0.3, -0.25) is 0 Å². The quantitative estimate of drug-likeness (QED) is 0.840. The molecule has 2 rings (SSSR count). The van der Waals surface area contributed by atoms with Gasteiger partial charge in [-0.15, -0.1) is 0 Å². The lowest BCUT2D eigenvalue weighted by Crippen LogP contribution is -2.90. The lowest BCUT2D eigenvalue weighted by molar-refractivity contribution is -0.713. The minimum atomic E-state index is 0.833. The van der Waals surface area contributed by atoms with Crippen molar-refractivity contribution in [2.75, 3.05) is 0 Å². The highest BCUT2D eigenvalue weighted by Gasteiger charge is 2.29. The lowest BCUT2D eigenvalue weighted by Gasteiger charge is -2.32. The van der Waals surface area contributed by atoms with Crippen molar-refractivity contribution in [3.05, 3.63) is 35.4 Å². The van der Waals surface area contributed by atoms with E-state index in [9.17, 15) is 0 Å². The molecule has 100 valence electrons. The topological polar surface area (TPSA) is 16.6 Å². The monoisotopic (exact) mass is 246 g/mol. The molecule has 1 aliphatic rings. The number of hydrogen-bond donors (Lipinski definition) is 1. The Labute approximate surface area is 112 Å². The van der Waals surface area contributed by atoms with Gasteiger partial charge in [-0.05, 0) is 37.2 Å². The number of quaternary nitrogens is 1. The molecule has 1 fully saturated rings. The van der Waals surface area contributed by atoms with E-state index in [0.717, 1.165) is 30.8 Å². The number of rotatable bonds is 4. The van der Waals surface area contributed by atoms with Gasteiger partial charge in [0.2, 0.25) is 0 Å². The Kier molecular flexibility index (Phi) is 4.82. The molecule has 0 aliphatic heterocycles. The van der Waals surface area contributed by atoms with E-state index in [1.54, 1.807) is 0 Å². The van der Waals surface area contributed by atoms with E-state index in [1.807, 2.05) is 0 Å². The minimum Gasteiger partial charge on any atom is -0.340 e. The van der Waals surface area contributed by atoms with Gasteiger partial charge in [0.1, 0.15) is 6.54 Å². The molecular weight excluding hydrogens is 218 g/mol. The van der Waals surface area contributed by atoms with Crippen LogP contribution < -0.4 is 5.32 Å². The molecule has 1 saturated carbocycles. The molecule has 0 aromatic heterocycles. The molecule has 0 bridgehead atoms. The average Bonchev–Trinajstić information content (AvgIpc) is 2.41. The van der Waals surface area contributed by atoms with Crippen LogP contribution in [-0.4, -0.2) is 6.04 Å². The second kappa shape index (κ2) is 6.38. The van der Waals surface area contributed by atoms with E-state index < -0.39 is 0 Å². The molecule has 1 aliphatic carbocycles. The molecule has 1 aromatic rings. The Hall–Kier alpha value is -0.820. The first-order valence-electron chi connectivity index (χ1n) is 7.62. The maximum atomic E-state index is 2.57. The highest BCUT2D eigenvalue weighted by Crippen LogP contribution is 2.27. The van der Waals surface area contributed by atoms with Crippen LogP contribution in [0.15, 0.2) is 24.3 Å². The van der Waals surface area contributed by atoms with Gasteiger partial charge in [-0.1, -0.05) is 45.0 Å². The summed E-state index contributed by atoms with van der Waals surface area (Å²) in [4.78, 5) is 0. The van der Waals surface area contributed by atoms with Crippen LogP contribution in [0, 0.1) is 11.8 Å². The first kappa shape index (κ1) is 13.6. The summed E-state index contributed by atoms with van der Waals surface area (Å²) in [5.74, 6) is 1.77. The molecule has 18 heavy (non-hydrogen) atoms. The maximum absolute atomic E-state index is 2.57. The first-order valence-corrected chi connectivity index (χ1v) is 7.62. The van der Waals surface area contributed by atoms with Gasteiger partial charge in [-0.25, -0.2) is 0 Å². The summed E-state index contributed by atoms with van der Waals surface area (Å²) in [6.07, 6.45) is 5.39. The molecule has 1 nitrogen and oxygen atoms in total. The number of nitrogens with two attached hydrogens (primary N) is 1. The van der Waals surface area contributed by atoms with Gasteiger partial charge in [0.25, 0.3) is 0 Å². The second-order valence-electron chi connectivity index (χ2n) is 6.04. The van der Waals surface area contributed by atoms with E-state index >= 15 is 0 Å². The van der Waals surface area contributed by atoms with Crippen LogP contribution in [0.4, 0.5) is 0 Å². The van der Waals surface area contributed by atoms with Crippen LogP contribution in [0.1, 0.15) is 51.2 Å². The summed E-state index contributed by atoms with van der Waals surface area (Å²) in [5.41, 5.74) is 2.91. The number of benzene rings is 1. The fraction of sp³-hybridized carbons (Fsp3) is 0.647. The third kappa shape index (κ3) is 3.35. The number of hydrogen-bond acceptors (Lipinski definition) is 0. The molecular formula is C17H28N+. The van der Waals surface area contributed by atoms with Gasteiger partial charge in [0.05, 0.1) is 6.04 Å². The van der Waals surface area contributed by atoms with Gasteiger partial charge in [0, 0.05) is 11.5 Å². The van der Waals surface area contributed by atoms with Crippen molar-refractivity contribution in [3.8, 4) is 0 Å². The predicted octanol–water partition coefficient (Wildman–Crippen LogP) is 3.14. The van der Waals surface area contributed by atoms with E-state index in [0.29, 0.717) is 0 Å². The fourth-order valence-electron chi connectivity index (χ4n) is 3.15. The molecule has 0 spiro atoms. The largest absolute Gasteiger partial charge is 0.340 e. The average molecular weight is 246 g/mol. The van der Waals surface area contributed by atoms with Crippen LogP contribution in [0.5, 0.6) is 0 Å². The minimum absolute atomic E-state index is 0.833. The predicted molar refractivity (Wildman–Crippen MR) is 77.4 cm³/mol. The zero-order valence-corrected chi connectivity index (χ0v) is 12.2. The van der Waals surface area contributed by atoms with Gasteiger partial charge in [-0.2, -0.15) is 0 Å². The zero-order chi connectivity index (χ0) is 13.0. The molecule has 0 saturated heterocycles. The van der Waals surface area contributed by atoms with E-state index in [2.05, 4.69) is 50.4 Å². The Bertz CT molecular complexity index is 354. The van der Waals surface area contributed by atoms with Crippen molar-refractivity contribution in [3.63, 3.8) is 0 Å². The van der Waals surface area contributed by atoms with Crippen molar-refractivity contribution in [1.82, 2.24) is 0 Å². The summed E-state index contributed by atoms with van der Waals surface area (Å²) in [5, 5.41) is 2.57. The summed E-state index contributed by atoms with van der Waals surface area (Å²) in [6, 6.07) is 9.98. The Morgan fingerprint density at radius 2 is 1.72 bits per heavy atom. The maximum Gasteiger partial charge on any atom is 0.101 e. The van der Waals surface area contributed by atoms with Crippen LogP contribution in [0.25, 0.3) is 0 Å². The van der Waals surface area contributed by atoms with Crippen LogP contribution in [0.2, 0.25) is 0 Å². The summed E-state index contributed by atoms with van der Waals surface area (Å²) >= 11 is 0. The lowest BCUT2D eigenvalue weighted by atomic mass is 9.78. The van der Waals surface area contributed by atoms with Crippen molar-refractivity contribution < 1.29 is 5.32 Å². The third-order valence-corrected chi connectivity index (χ3v) is 4.86. The smallest absolute Gasteiger partial charge is 0.101 e. The standard InChI is InChI=1S/C17H27N/c1-4-15-8-10-16(11-9-15)12-18-17-7-5-6-13(2)14(17)3/h8-11,13-14,17-18H,4-7,12H2,1-3H3/p+1/t13-,14-,17+/m0/s1. The Morgan fingerprint density at radius 1 is 1.06 bits per heavy atom. The SMILES string of the molecule is CCc1ccc(C[NH2+][C@@H]2CCC[C@H](C)[C@@H]2C)cc1. The highest BCUT2D eigenvalue weighted by atomic mass is 14.9. The van der Waals surface area contributed by atoms with Crippen LogP contribution in [-0.2, 0) is 13.0 Å². The molecule has 2 N–H and O–H groups in total. The summed E-state index contributed by atoms with van der Waals surface area (Å²) in [6.45, 7) is 8.21. The molecule has 0 amide bonds. The molecule has 3 atom stereocenters. The van der Waals surface area contributed by atoms with E-state index in [4.69, 9.17) is 0 Å². The van der Waals surface area contributed by atoms with Crippen molar-refractivity contribution in [2.45, 2.75) is 59.0 Å². The van der Waals surface area contributed by atoms with Crippen molar-refractivity contribution >= 4 is 0 Å². The molecule has 0 radical (unpaired) electrons. The first-order chi connectivity index (χ1) is 8.70. The van der Waals surface area contributed by atoms with Gasteiger partial charge in [0.15, 0.2) is 0 Å². The Morgan fingerprint density at radius 3 is 2.39 bits per heavy atom. The van der Waals surface area contributed by atoms with Crippen molar-refractivity contribution in [2.24, 2.45) is 11.8 Å². The summed E-state index contributed by atoms with van der Waals surface area (Å²) < 4.78 is 0. The van der Waals surface area contributed by atoms with E-state index in [1.165, 1.54) is 30.4 Å². The normalized spacial score (nSPS) is 28.3. The van der Waals surface area contributed by atoms with Crippen LogP contribution in [0.3, 0.4) is 0 Å². The molecule has 1 heteroatoms. The van der Waals surface area contributed by atoms with Crippen LogP contribution >= 0.6 is 0 Å². The summed E-state index contributed by atoms with van der Waals surface area (Å²) in [7, 11) is 0. The van der Waals surface area contributed by atoms with Gasteiger partial charge < -0.3 is 5.32 Å². The molecule has 0 heterocycles. The molecule has 0 unspecified atom stereocenters. The second-order valence-corrected chi connectivity index (χ2v) is 6.04. The highest BCUT2D eigenvalue weighted by molar-refractivity contribution is 5.21. The van der Waals surface area contributed by atoms with Gasteiger partial charge >= 0.3 is 0 Å². The third-order valence-electron chi connectivity index (χ3n) is 4.86.